The first-order valence-electron chi connectivity index (χ1n) is 5.23. The van der Waals surface area contributed by atoms with Crippen molar-refractivity contribution < 1.29 is 8.42 Å². The fourth-order valence-electron chi connectivity index (χ4n) is 1.79. The Morgan fingerprint density at radius 2 is 1.94 bits per heavy atom. The molecule has 4 nitrogen and oxygen atoms in total. The Morgan fingerprint density at radius 3 is 2.56 bits per heavy atom. The van der Waals surface area contributed by atoms with Crippen LogP contribution in [0.2, 0.25) is 0 Å². The molecular weight excluding hydrogens is 339 g/mol. The molecule has 1 aromatic heterocycles. The molecule has 0 unspecified atom stereocenters. The van der Waals surface area contributed by atoms with Crippen molar-refractivity contribution in [3.8, 4) is 0 Å². The third-order valence-electron chi connectivity index (χ3n) is 2.62. The van der Waals surface area contributed by atoms with Gasteiger partial charge in [-0.25, -0.2) is 13.4 Å². The van der Waals surface area contributed by atoms with Crippen molar-refractivity contribution in [2.24, 2.45) is 0 Å². The van der Waals surface area contributed by atoms with Crippen molar-refractivity contribution in [3.63, 3.8) is 0 Å². The lowest BCUT2D eigenvalue weighted by Gasteiger charge is -2.25. The van der Waals surface area contributed by atoms with Crippen LogP contribution in [0, 0.1) is 3.57 Å². The van der Waals surface area contributed by atoms with Gasteiger partial charge in [-0.3, -0.25) is 0 Å². The van der Waals surface area contributed by atoms with Gasteiger partial charge in [0, 0.05) is 19.3 Å². The molecule has 88 valence electrons. The predicted molar refractivity (Wildman–Crippen MR) is 69.6 cm³/mol. The quantitative estimate of drug-likeness (QED) is 0.764. The minimum absolute atomic E-state index is 0.192. The molecule has 0 spiro atoms. The predicted octanol–water partition coefficient (Wildman–Crippen LogP) is 1.86. The second kappa shape index (κ2) is 4.97. The maximum absolute atomic E-state index is 12.3. The van der Waals surface area contributed by atoms with Gasteiger partial charge in [-0.05, 0) is 47.6 Å². The summed E-state index contributed by atoms with van der Waals surface area (Å²) < 4.78 is 26.8. The minimum atomic E-state index is -3.38. The molecule has 0 saturated carbocycles. The third kappa shape index (κ3) is 2.38. The molecule has 1 aromatic rings. The van der Waals surface area contributed by atoms with Gasteiger partial charge in [0.1, 0.15) is 0 Å². The van der Waals surface area contributed by atoms with E-state index in [2.05, 4.69) is 4.98 Å². The van der Waals surface area contributed by atoms with E-state index < -0.39 is 10.0 Å². The second-order valence-corrected chi connectivity index (χ2v) is 6.77. The molecule has 0 bridgehead atoms. The largest absolute Gasteiger partial charge is 0.261 e. The maximum atomic E-state index is 12.3. The number of rotatable bonds is 2. The third-order valence-corrected chi connectivity index (χ3v) is 5.72. The number of nitrogens with zero attached hydrogens (tertiary/aromatic N) is 2. The topological polar surface area (TPSA) is 50.3 Å². The number of hydrogen-bond acceptors (Lipinski definition) is 3. The molecule has 0 N–H and O–H groups in total. The van der Waals surface area contributed by atoms with Gasteiger partial charge < -0.3 is 0 Å². The van der Waals surface area contributed by atoms with Gasteiger partial charge in [0.05, 0.1) is 3.57 Å². The summed E-state index contributed by atoms with van der Waals surface area (Å²) in [5.41, 5.74) is 0. The Kier molecular flexibility index (Phi) is 3.81. The molecule has 1 aliphatic heterocycles. The van der Waals surface area contributed by atoms with Crippen LogP contribution in [-0.4, -0.2) is 30.8 Å². The first-order valence-corrected chi connectivity index (χ1v) is 7.75. The van der Waals surface area contributed by atoms with Crippen LogP contribution < -0.4 is 0 Å². The molecule has 2 rings (SSSR count). The van der Waals surface area contributed by atoms with E-state index >= 15 is 0 Å². The molecule has 0 amide bonds. The molecule has 16 heavy (non-hydrogen) atoms. The number of piperidine rings is 1. The Morgan fingerprint density at radius 1 is 1.25 bits per heavy atom. The smallest absolute Gasteiger partial charge is 0.242 e. The van der Waals surface area contributed by atoms with E-state index in [-0.39, 0.29) is 5.03 Å². The fraction of sp³-hybridized carbons (Fsp3) is 0.500. The Balaban J connectivity index is 2.35. The molecule has 0 aliphatic carbocycles. The monoisotopic (exact) mass is 352 g/mol. The van der Waals surface area contributed by atoms with E-state index in [0.29, 0.717) is 16.7 Å². The highest BCUT2D eigenvalue weighted by Crippen LogP contribution is 2.22. The number of halogens is 1. The first kappa shape index (κ1) is 12.3. The number of pyridine rings is 1. The lowest BCUT2D eigenvalue weighted by Crippen LogP contribution is -2.36. The van der Waals surface area contributed by atoms with Crippen molar-refractivity contribution in [2.75, 3.05) is 13.1 Å². The summed E-state index contributed by atoms with van der Waals surface area (Å²) >= 11 is 2.01. The van der Waals surface area contributed by atoms with Crippen molar-refractivity contribution in [2.45, 2.75) is 24.3 Å². The summed E-state index contributed by atoms with van der Waals surface area (Å²) in [7, 11) is -3.38. The zero-order valence-electron chi connectivity index (χ0n) is 8.76. The van der Waals surface area contributed by atoms with Gasteiger partial charge in [0.2, 0.25) is 0 Å². The van der Waals surface area contributed by atoms with E-state index in [1.807, 2.05) is 22.6 Å². The number of aromatic nitrogens is 1. The first-order chi connectivity index (χ1) is 7.62. The molecule has 6 heteroatoms. The lowest BCUT2D eigenvalue weighted by atomic mass is 10.2. The van der Waals surface area contributed by atoms with Crippen LogP contribution >= 0.6 is 22.6 Å². The van der Waals surface area contributed by atoms with Crippen molar-refractivity contribution in [1.29, 1.82) is 0 Å². The SMILES string of the molecule is O=S(=O)(c1ncccc1I)N1CCCCC1. The van der Waals surface area contributed by atoms with Gasteiger partial charge in [0.25, 0.3) is 10.0 Å². The van der Waals surface area contributed by atoms with Crippen LogP contribution in [0.4, 0.5) is 0 Å². The van der Waals surface area contributed by atoms with Crippen molar-refractivity contribution >= 4 is 32.6 Å². The molecular formula is C10H13IN2O2S. The van der Waals surface area contributed by atoms with Crippen LogP contribution in [0.15, 0.2) is 23.4 Å². The number of hydrogen-bond donors (Lipinski definition) is 0. The van der Waals surface area contributed by atoms with Gasteiger partial charge in [0.15, 0.2) is 5.03 Å². The zero-order chi connectivity index (χ0) is 11.6. The zero-order valence-corrected chi connectivity index (χ0v) is 11.7. The van der Waals surface area contributed by atoms with E-state index in [9.17, 15) is 8.42 Å². The molecule has 1 fully saturated rings. The molecule has 1 aliphatic rings. The maximum Gasteiger partial charge on any atom is 0.261 e. The minimum Gasteiger partial charge on any atom is -0.242 e. The van der Waals surface area contributed by atoms with Gasteiger partial charge in [-0.2, -0.15) is 4.31 Å². The van der Waals surface area contributed by atoms with E-state index in [0.717, 1.165) is 19.3 Å². The fourth-order valence-corrected chi connectivity index (χ4v) is 4.46. The molecule has 2 heterocycles. The molecule has 1 saturated heterocycles. The Hall–Kier alpha value is -0.210. The molecule has 0 atom stereocenters. The van der Waals surface area contributed by atoms with E-state index in [4.69, 9.17) is 0 Å². The van der Waals surface area contributed by atoms with Crippen LogP contribution in [0.5, 0.6) is 0 Å². The Bertz CT molecular complexity index is 469. The average Bonchev–Trinajstić information content (AvgIpc) is 2.30. The van der Waals surface area contributed by atoms with Crippen LogP contribution in [-0.2, 0) is 10.0 Å². The molecule has 0 radical (unpaired) electrons. The summed E-state index contributed by atoms with van der Waals surface area (Å²) in [6.07, 6.45) is 4.54. The summed E-state index contributed by atoms with van der Waals surface area (Å²) in [6, 6.07) is 3.52. The standard InChI is InChI=1S/C10H13IN2O2S/c11-9-5-4-6-12-10(9)16(14,15)13-7-2-1-3-8-13/h4-6H,1-3,7-8H2. The van der Waals surface area contributed by atoms with E-state index in [1.165, 1.54) is 6.20 Å². The van der Waals surface area contributed by atoms with Gasteiger partial charge in [-0.1, -0.05) is 6.42 Å². The average molecular weight is 352 g/mol. The lowest BCUT2D eigenvalue weighted by molar-refractivity contribution is 0.345. The van der Waals surface area contributed by atoms with Crippen molar-refractivity contribution in [1.82, 2.24) is 9.29 Å². The van der Waals surface area contributed by atoms with Crippen LogP contribution in [0.1, 0.15) is 19.3 Å². The second-order valence-electron chi connectivity index (χ2n) is 3.76. The van der Waals surface area contributed by atoms with Crippen LogP contribution in [0.3, 0.4) is 0 Å². The van der Waals surface area contributed by atoms with Gasteiger partial charge >= 0.3 is 0 Å². The summed E-state index contributed by atoms with van der Waals surface area (Å²) in [5.74, 6) is 0. The summed E-state index contributed by atoms with van der Waals surface area (Å²) in [4.78, 5) is 3.99. The van der Waals surface area contributed by atoms with Gasteiger partial charge in [-0.15, -0.1) is 0 Å². The normalized spacial score (nSPS) is 18.6. The highest BCUT2D eigenvalue weighted by molar-refractivity contribution is 14.1. The molecule has 0 aromatic carbocycles. The van der Waals surface area contributed by atoms with Crippen molar-refractivity contribution in [3.05, 3.63) is 21.9 Å². The van der Waals surface area contributed by atoms with E-state index in [1.54, 1.807) is 16.4 Å². The Labute approximate surface area is 109 Å². The highest BCUT2D eigenvalue weighted by atomic mass is 127. The summed E-state index contributed by atoms with van der Waals surface area (Å²) in [6.45, 7) is 1.24. The van der Waals surface area contributed by atoms with Crippen LogP contribution in [0.25, 0.3) is 0 Å². The number of sulfonamides is 1. The summed E-state index contributed by atoms with van der Waals surface area (Å²) in [5, 5.41) is 0.192. The highest BCUT2D eigenvalue weighted by Gasteiger charge is 2.28.